The van der Waals surface area contributed by atoms with Crippen LogP contribution in [-0.4, -0.2) is 0 Å². The number of nitriles is 1. The van der Waals surface area contributed by atoms with Crippen LogP contribution in [0.4, 0.5) is 5.69 Å². The van der Waals surface area contributed by atoms with E-state index in [0.717, 1.165) is 0 Å². The summed E-state index contributed by atoms with van der Waals surface area (Å²) in [5, 5.41) is 12.2. The average Bonchev–Trinajstić information content (AvgIpc) is 2.05. The van der Waals surface area contributed by atoms with E-state index in [2.05, 4.69) is 10.0 Å². The van der Waals surface area contributed by atoms with Crippen molar-refractivity contribution >= 4 is 17.3 Å². The molecule has 4 nitrogen and oxygen atoms in total. The van der Waals surface area contributed by atoms with E-state index in [1.165, 1.54) is 6.07 Å². The lowest BCUT2D eigenvalue weighted by molar-refractivity contribution is 1.42. The van der Waals surface area contributed by atoms with Gasteiger partial charge in [-0.1, -0.05) is 28.8 Å². The van der Waals surface area contributed by atoms with Crippen molar-refractivity contribution in [3.8, 4) is 6.07 Å². The summed E-state index contributed by atoms with van der Waals surface area (Å²) in [7, 11) is 0. The maximum Gasteiger partial charge on any atom is 0.101 e. The molecule has 0 heterocycles. The Labute approximate surface area is 73.6 Å². The summed E-state index contributed by atoms with van der Waals surface area (Å²) in [4.78, 5) is 2.57. The highest BCUT2D eigenvalue weighted by Gasteiger charge is 2.02. The normalized spacial score (nSPS) is 8.33. The highest BCUT2D eigenvalue weighted by atomic mass is 35.5. The number of hydrogen-bond acceptors (Lipinski definition) is 2. The van der Waals surface area contributed by atoms with Gasteiger partial charge in [-0.3, -0.25) is 0 Å². The van der Waals surface area contributed by atoms with Crippen LogP contribution in [0, 0.1) is 11.3 Å². The second-order valence-electron chi connectivity index (χ2n) is 1.94. The number of azide groups is 1. The highest BCUT2D eigenvalue weighted by Crippen LogP contribution is 2.25. The Balaban J connectivity index is 3.39. The summed E-state index contributed by atoms with van der Waals surface area (Å²) in [5.74, 6) is 0. The summed E-state index contributed by atoms with van der Waals surface area (Å²) in [6.07, 6.45) is 0. The maximum atomic E-state index is 8.61. The zero-order valence-corrected chi connectivity index (χ0v) is 6.65. The van der Waals surface area contributed by atoms with Crippen LogP contribution in [0.15, 0.2) is 23.3 Å². The first-order valence-electron chi connectivity index (χ1n) is 3.03. The van der Waals surface area contributed by atoms with Gasteiger partial charge in [0, 0.05) is 4.91 Å². The number of hydrogen-bond donors (Lipinski definition) is 0. The molecule has 12 heavy (non-hydrogen) atoms. The van der Waals surface area contributed by atoms with E-state index in [0.29, 0.717) is 5.02 Å². The van der Waals surface area contributed by atoms with E-state index in [9.17, 15) is 0 Å². The highest BCUT2D eigenvalue weighted by molar-refractivity contribution is 6.32. The van der Waals surface area contributed by atoms with E-state index in [-0.39, 0.29) is 11.3 Å². The Morgan fingerprint density at radius 1 is 1.58 bits per heavy atom. The van der Waals surface area contributed by atoms with Crippen LogP contribution >= 0.6 is 11.6 Å². The Morgan fingerprint density at radius 2 is 2.33 bits per heavy atom. The van der Waals surface area contributed by atoms with Crippen molar-refractivity contribution in [3.63, 3.8) is 0 Å². The van der Waals surface area contributed by atoms with Gasteiger partial charge in [-0.25, -0.2) is 0 Å². The summed E-state index contributed by atoms with van der Waals surface area (Å²) in [5.41, 5.74) is 8.60. The summed E-state index contributed by atoms with van der Waals surface area (Å²) in [6, 6.07) is 6.57. The third kappa shape index (κ3) is 1.48. The molecule has 0 fully saturated rings. The molecule has 0 amide bonds. The Morgan fingerprint density at radius 3 is 2.92 bits per heavy atom. The first-order valence-corrected chi connectivity index (χ1v) is 3.41. The molecule has 0 aliphatic carbocycles. The van der Waals surface area contributed by atoms with Crippen LogP contribution in [-0.2, 0) is 0 Å². The van der Waals surface area contributed by atoms with Gasteiger partial charge in [-0.15, -0.1) is 0 Å². The van der Waals surface area contributed by atoms with E-state index in [1.807, 2.05) is 6.07 Å². The first-order chi connectivity index (χ1) is 5.79. The van der Waals surface area contributed by atoms with Crippen LogP contribution in [0.1, 0.15) is 5.56 Å². The lowest BCUT2D eigenvalue weighted by Gasteiger charge is -1.96. The van der Waals surface area contributed by atoms with Crippen LogP contribution in [0.2, 0.25) is 5.02 Å². The number of rotatable bonds is 1. The molecule has 0 saturated heterocycles. The molecule has 1 aromatic rings. The first kappa shape index (κ1) is 8.41. The largest absolute Gasteiger partial charge is 0.192 e. The second kappa shape index (κ2) is 3.63. The molecule has 0 unspecified atom stereocenters. The van der Waals surface area contributed by atoms with Gasteiger partial charge >= 0.3 is 0 Å². The lowest BCUT2D eigenvalue weighted by atomic mass is 10.2. The Kier molecular flexibility index (Phi) is 2.54. The van der Waals surface area contributed by atoms with Crippen molar-refractivity contribution < 1.29 is 0 Å². The molecule has 58 valence electrons. The van der Waals surface area contributed by atoms with Gasteiger partial charge in [0.15, 0.2) is 0 Å². The van der Waals surface area contributed by atoms with Crippen molar-refractivity contribution in [2.24, 2.45) is 5.11 Å². The molecule has 0 aromatic heterocycles. The zero-order valence-electron chi connectivity index (χ0n) is 5.90. The summed E-state index contributed by atoms with van der Waals surface area (Å²) < 4.78 is 0. The van der Waals surface area contributed by atoms with Crippen LogP contribution in [0.3, 0.4) is 0 Å². The fourth-order valence-electron chi connectivity index (χ4n) is 0.755. The van der Waals surface area contributed by atoms with Crippen LogP contribution < -0.4 is 0 Å². The van der Waals surface area contributed by atoms with E-state index in [4.69, 9.17) is 22.4 Å². The van der Waals surface area contributed by atoms with Crippen molar-refractivity contribution in [1.29, 1.82) is 5.26 Å². The average molecular weight is 179 g/mol. The van der Waals surface area contributed by atoms with Gasteiger partial charge in [0.05, 0.1) is 16.3 Å². The van der Waals surface area contributed by atoms with Crippen molar-refractivity contribution in [1.82, 2.24) is 0 Å². The minimum Gasteiger partial charge on any atom is -0.192 e. The molecule has 1 rings (SSSR count). The molecular weight excluding hydrogens is 176 g/mol. The van der Waals surface area contributed by atoms with Gasteiger partial charge in [0.2, 0.25) is 0 Å². The Bertz CT molecular complexity index is 387. The zero-order chi connectivity index (χ0) is 8.97. The molecule has 5 heteroatoms. The van der Waals surface area contributed by atoms with E-state index < -0.39 is 0 Å². The molecular formula is C7H3ClN4. The van der Waals surface area contributed by atoms with E-state index in [1.54, 1.807) is 12.1 Å². The van der Waals surface area contributed by atoms with Gasteiger partial charge < -0.3 is 0 Å². The minimum absolute atomic E-state index is 0.206. The van der Waals surface area contributed by atoms with Gasteiger partial charge in [-0.05, 0) is 11.6 Å². The number of halogens is 1. The maximum absolute atomic E-state index is 8.61. The fourth-order valence-corrected chi connectivity index (χ4v) is 0.967. The molecule has 0 aliphatic heterocycles. The summed E-state index contributed by atoms with van der Waals surface area (Å²) in [6.45, 7) is 0. The summed E-state index contributed by atoms with van der Waals surface area (Å²) >= 11 is 5.66. The quantitative estimate of drug-likeness (QED) is 0.370. The lowest BCUT2D eigenvalue weighted by Crippen LogP contribution is -1.76. The molecule has 0 spiro atoms. The third-order valence-corrected chi connectivity index (χ3v) is 1.57. The van der Waals surface area contributed by atoms with Crippen LogP contribution in [0.5, 0.6) is 0 Å². The molecule has 0 atom stereocenters. The second-order valence-corrected chi connectivity index (χ2v) is 2.34. The predicted octanol–water partition coefficient (Wildman–Crippen LogP) is 3.15. The van der Waals surface area contributed by atoms with Crippen molar-refractivity contribution in [2.45, 2.75) is 0 Å². The topological polar surface area (TPSA) is 72.5 Å². The standard InChI is InChI=1S/C7H3ClN4/c8-6-2-1-3-7(11-12-10)5(6)4-9/h1-3H. The SMILES string of the molecule is N#Cc1c(Cl)cccc1N=[N+]=[N-]. The molecule has 0 aliphatic rings. The predicted molar refractivity (Wildman–Crippen MR) is 45.0 cm³/mol. The minimum atomic E-state index is 0.206. The smallest absolute Gasteiger partial charge is 0.101 e. The van der Waals surface area contributed by atoms with Gasteiger partial charge in [0.1, 0.15) is 6.07 Å². The molecule has 0 radical (unpaired) electrons. The molecule has 0 bridgehead atoms. The molecule has 0 saturated carbocycles. The van der Waals surface area contributed by atoms with Crippen molar-refractivity contribution in [2.75, 3.05) is 0 Å². The number of nitrogens with zero attached hydrogens (tertiary/aromatic N) is 4. The monoisotopic (exact) mass is 178 g/mol. The number of benzene rings is 1. The van der Waals surface area contributed by atoms with E-state index >= 15 is 0 Å². The van der Waals surface area contributed by atoms with Crippen LogP contribution in [0.25, 0.3) is 10.4 Å². The third-order valence-electron chi connectivity index (χ3n) is 1.26. The fraction of sp³-hybridized carbons (Fsp3) is 0. The molecule has 1 aromatic carbocycles. The Hall–Kier alpha value is -1.69. The van der Waals surface area contributed by atoms with Gasteiger partial charge in [0.25, 0.3) is 0 Å². The van der Waals surface area contributed by atoms with Crippen molar-refractivity contribution in [3.05, 3.63) is 39.2 Å². The van der Waals surface area contributed by atoms with Gasteiger partial charge in [-0.2, -0.15) is 5.26 Å². The molecule has 0 N–H and O–H groups in total.